The van der Waals surface area contributed by atoms with Crippen LogP contribution in [0, 0.1) is 0 Å². The van der Waals surface area contributed by atoms with Crippen LogP contribution in [0.15, 0.2) is 47.4 Å². The maximum absolute atomic E-state index is 12.3. The van der Waals surface area contributed by atoms with Crippen molar-refractivity contribution in [3.05, 3.63) is 42.5 Å². The molecule has 0 heterocycles. The Kier molecular flexibility index (Phi) is 10.4. The van der Waals surface area contributed by atoms with E-state index in [0.29, 0.717) is 36.0 Å². The van der Waals surface area contributed by atoms with Crippen LogP contribution in [-0.4, -0.2) is 57.0 Å². The lowest BCUT2D eigenvalue weighted by atomic mass is 10.2. The van der Waals surface area contributed by atoms with Crippen LogP contribution >= 0.6 is 11.8 Å². The first-order valence-corrected chi connectivity index (χ1v) is 11.2. The number of likely N-dealkylation sites (N-methyl/N-ethyl adjacent to an activating group) is 1. The fourth-order valence-corrected chi connectivity index (χ4v) is 3.70. The Balaban J connectivity index is 1.84. The van der Waals surface area contributed by atoms with Gasteiger partial charge in [0.05, 0.1) is 14.2 Å². The summed E-state index contributed by atoms with van der Waals surface area (Å²) in [6.45, 7) is 7.65. The zero-order chi connectivity index (χ0) is 21.8. The number of hydrogen-bond acceptors (Lipinski definition) is 6. The fraction of sp³-hybridized carbons (Fsp3) is 0.435. The number of methoxy groups -OCH3 is 2. The van der Waals surface area contributed by atoms with Crippen LogP contribution in [0.4, 0.5) is 5.69 Å². The van der Waals surface area contributed by atoms with Gasteiger partial charge >= 0.3 is 0 Å². The largest absolute Gasteiger partial charge is 0.497 e. The van der Waals surface area contributed by atoms with Crippen molar-refractivity contribution in [2.75, 3.05) is 51.5 Å². The smallest absolute Gasteiger partial charge is 0.225 e. The van der Waals surface area contributed by atoms with Crippen LogP contribution in [0.25, 0.3) is 0 Å². The number of ether oxygens (including phenoxy) is 3. The molecular formula is C23H32N2O4S. The monoisotopic (exact) mass is 432 g/mol. The Morgan fingerprint density at radius 1 is 1.00 bits per heavy atom. The van der Waals surface area contributed by atoms with Crippen molar-refractivity contribution in [3.8, 4) is 17.2 Å². The molecule has 30 heavy (non-hydrogen) atoms. The van der Waals surface area contributed by atoms with E-state index in [1.165, 1.54) is 0 Å². The Morgan fingerprint density at radius 2 is 1.73 bits per heavy atom. The van der Waals surface area contributed by atoms with Gasteiger partial charge in [-0.1, -0.05) is 13.8 Å². The number of benzene rings is 2. The molecular weight excluding hydrogens is 400 g/mol. The summed E-state index contributed by atoms with van der Waals surface area (Å²) in [7, 11) is 3.26. The molecule has 1 amide bonds. The van der Waals surface area contributed by atoms with Gasteiger partial charge in [-0.05, 0) is 49.5 Å². The summed E-state index contributed by atoms with van der Waals surface area (Å²) in [5.74, 6) is 2.78. The van der Waals surface area contributed by atoms with Crippen molar-refractivity contribution in [1.29, 1.82) is 0 Å². The molecule has 0 aliphatic carbocycles. The number of nitrogens with one attached hydrogen (secondary N) is 1. The summed E-state index contributed by atoms with van der Waals surface area (Å²) in [5, 5.41) is 2.94. The molecule has 2 rings (SSSR count). The van der Waals surface area contributed by atoms with Crippen LogP contribution in [-0.2, 0) is 4.79 Å². The molecule has 0 saturated carbocycles. The van der Waals surface area contributed by atoms with Crippen molar-refractivity contribution in [1.82, 2.24) is 4.90 Å². The molecule has 0 radical (unpaired) electrons. The summed E-state index contributed by atoms with van der Waals surface area (Å²) in [5.41, 5.74) is 0.702. The van der Waals surface area contributed by atoms with E-state index in [-0.39, 0.29) is 5.91 Å². The second-order valence-corrected chi connectivity index (χ2v) is 7.73. The molecule has 0 aliphatic heterocycles. The highest BCUT2D eigenvalue weighted by molar-refractivity contribution is 7.99. The van der Waals surface area contributed by atoms with Crippen LogP contribution in [0.3, 0.4) is 0 Å². The number of carbonyl (C=O) groups is 1. The molecule has 0 saturated heterocycles. The van der Waals surface area contributed by atoms with E-state index in [9.17, 15) is 4.79 Å². The van der Waals surface area contributed by atoms with E-state index in [1.54, 1.807) is 26.0 Å². The molecule has 1 N–H and O–H groups in total. The molecule has 0 aromatic heterocycles. The number of nitrogens with zero attached hydrogens (tertiary/aromatic N) is 1. The lowest BCUT2D eigenvalue weighted by Gasteiger charge is -2.19. The predicted octanol–water partition coefficient (Wildman–Crippen LogP) is 4.55. The summed E-state index contributed by atoms with van der Waals surface area (Å²) in [6, 6.07) is 13.3. The van der Waals surface area contributed by atoms with Gasteiger partial charge in [-0.2, -0.15) is 0 Å². The van der Waals surface area contributed by atoms with Gasteiger partial charge in [0.25, 0.3) is 0 Å². The minimum Gasteiger partial charge on any atom is -0.497 e. The quantitative estimate of drug-likeness (QED) is 0.469. The van der Waals surface area contributed by atoms with E-state index in [2.05, 4.69) is 24.1 Å². The third kappa shape index (κ3) is 7.80. The number of amides is 1. The number of hydrogen-bond donors (Lipinski definition) is 1. The normalized spacial score (nSPS) is 10.7. The molecule has 2 aromatic rings. The molecule has 164 valence electrons. The SMILES string of the molecule is CCN(CC)CCOc1cc(NC(=O)CCSc2ccc(OC)cc2)ccc1OC. The average molecular weight is 433 g/mol. The van der Waals surface area contributed by atoms with E-state index in [4.69, 9.17) is 14.2 Å². The first-order chi connectivity index (χ1) is 14.6. The molecule has 0 fully saturated rings. The molecule has 2 aromatic carbocycles. The van der Waals surface area contributed by atoms with Crippen molar-refractivity contribution in [2.24, 2.45) is 0 Å². The third-order valence-corrected chi connectivity index (χ3v) is 5.68. The minimum absolute atomic E-state index is 0.0322. The molecule has 7 heteroatoms. The van der Waals surface area contributed by atoms with E-state index in [0.717, 1.165) is 30.3 Å². The second kappa shape index (κ2) is 13.0. The first-order valence-electron chi connectivity index (χ1n) is 10.2. The maximum Gasteiger partial charge on any atom is 0.225 e. The van der Waals surface area contributed by atoms with Gasteiger partial charge in [0, 0.05) is 35.4 Å². The predicted molar refractivity (Wildman–Crippen MR) is 123 cm³/mol. The maximum atomic E-state index is 12.3. The topological polar surface area (TPSA) is 60.0 Å². The van der Waals surface area contributed by atoms with Gasteiger partial charge in [-0.3, -0.25) is 4.79 Å². The van der Waals surface area contributed by atoms with Gasteiger partial charge in [-0.25, -0.2) is 0 Å². The van der Waals surface area contributed by atoms with E-state index in [1.807, 2.05) is 42.5 Å². The lowest BCUT2D eigenvalue weighted by molar-refractivity contribution is -0.115. The van der Waals surface area contributed by atoms with Gasteiger partial charge in [0.15, 0.2) is 11.5 Å². The highest BCUT2D eigenvalue weighted by Crippen LogP contribution is 2.30. The number of rotatable bonds is 13. The van der Waals surface area contributed by atoms with Gasteiger partial charge in [0.1, 0.15) is 12.4 Å². The Bertz CT molecular complexity index is 779. The van der Waals surface area contributed by atoms with Crippen molar-refractivity contribution in [3.63, 3.8) is 0 Å². The van der Waals surface area contributed by atoms with E-state index < -0.39 is 0 Å². The molecule has 6 nitrogen and oxygen atoms in total. The lowest BCUT2D eigenvalue weighted by Crippen LogP contribution is -2.28. The van der Waals surface area contributed by atoms with Gasteiger partial charge in [0.2, 0.25) is 5.91 Å². The standard InChI is InChI=1S/C23H32N2O4S/c1-5-25(6-2)14-15-29-22-17-18(7-12-21(22)28-4)24-23(26)13-16-30-20-10-8-19(27-3)9-11-20/h7-12,17H,5-6,13-16H2,1-4H3,(H,24,26). The first kappa shape index (κ1) is 23.9. The Hall–Kier alpha value is -2.38. The van der Waals surface area contributed by atoms with Crippen LogP contribution in [0.5, 0.6) is 17.2 Å². The van der Waals surface area contributed by atoms with Crippen molar-refractivity contribution >= 4 is 23.4 Å². The highest BCUT2D eigenvalue weighted by Gasteiger charge is 2.09. The van der Waals surface area contributed by atoms with Crippen LogP contribution < -0.4 is 19.5 Å². The van der Waals surface area contributed by atoms with Gasteiger partial charge < -0.3 is 24.4 Å². The number of thioether (sulfide) groups is 1. The molecule has 0 unspecified atom stereocenters. The molecule has 0 aliphatic rings. The van der Waals surface area contributed by atoms with Crippen LogP contribution in [0.1, 0.15) is 20.3 Å². The zero-order valence-corrected chi connectivity index (χ0v) is 19.1. The van der Waals surface area contributed by atoms with E-state index >= 15 is 0 Å². The summed E-state index contributed by atoms with van der Waals surface area (Å²) >= 11 is 1.64. The van der Waals surface area contributed by atoms with Crippen molar-refractivity contribution in [2.45, 2.75) is 25.2 Å². The van der Waals surface area contributed by atoms with Crippen LogP contribution in [0.2, 0.25) is 0 Å². The summed E-state index contributed by atoms with van der Waals surface area (Å²) in [6.07, 6.45) is 0.418. The van der Waals surface area contributed by atoms with Crippen molar-refractivity contribution < 1.29 is 19.0 Å². The third-order valence-electron chi connectivity index (χ3n) is 4.66. The Morgan fingerprint density at radius 3 is 2.37 bits per heavy atom. The fourth-order valence-electron chi connectivity index (χ4n) is 2.85. The summed E-state index contributed by atoms with van der Waals surface area (Å²) in [4.78, 5) is 15.7. The number of carbonyl (C=O) groups excluding carboxylic acids is 1. The second-order valence-electron chi connectivity index (χ2n) is 6.56. The number of anilines is 1. The molecule has 0 bridgehead atoms. The average Bonchev–Trinajstić information content (AvgIpc) is 2.77. The minimum atomic E-state index is -0.0322. The Labute approximate surface area is 183 Å². The summed E-state index contributed by atoms with van der Waals surface area (Å²) < 4.78 is 16.4. The highest BCUT2D eigenvalue weighted by atomic mass is 32.2. The zero-order valence-electron chi connectivity index (χ0n) is 18.3. The molecule has 0 spiro atoms. The van der Waals surface area contributed by atoms with Gasteiger partial charge in [-0.15, -0.1) is 11.8 Å². The molecule has 0 atom stereocenters.